The van der Waals surface area contributed by atoms with Crippen molar-refractivity contribution >= 4 is 28.8 Å². The van der Waals surface area contributed by atoms with Crippen LogP contribution in [0.25, 0.3) is 10.8 Å². The fourth-order valence-electron chi connectivity index (χ4n) is 2.55. The number of hydrogen-bond acceptors (Lipinski definition) is 4. The van der Waals surface area contributed by atoms with Crippen molar-refractivity contribution in [1.29, 1.82) is 0 Å². The van der Waals surface area contributed by atoms with Gasteiger partial charge in [0.1, 0.15) is 5.76 Å². The Morgan fingerprint density at radius 3 is 2.68 bits per heavy atom. The number of rotatable bonds is 5. The maximum absolute atomic E-state index is 12.7. The molecule has 2 aromatic heterocycles. The van der Waals surface area contributed by atoms with Crippen molar-refractivity contribution in [3.05, 3.63) is 63.8 Å². The highest BCUT2D eigenvalue weighted by Crippen LogP contribution is 2.27. The minimum atomic E-state index is -0.0475. The minimum Gasteiger partial charge on any atom is -0.440 e. The van der Waals surface area contributed by atoms with Crippen molar-refractivity contribution < 1.29 is 9.21 Å². The highest BCUT2D eigenvalue weighted by molar-refractivity contribution is 7.13. The first-order valence-electron chi connectivity index (χ1n) is 7.97. The van der Waals surface area contributed by atoms with Crippen molar-refractivity contribution in [3.63, 3.8) is 0 Å². The molecule has 3 rings (SSSR count). The lowest BCUT2D eigenvalue weighted by molar-refractivity contribution is -0.131. The quantitative estimate of drug-likeness (QED) is 0.622. The van der Waals surface area contributed by atoms with E-state index < -0.39 is 0 Å². The van der Waals surface area contributed by atoms with Gasteiger partial charge in [0, 0.05) is 12.1 Å². The molecule has 0 aliphatic carbocycles. The number of aromatic nitrogens is 1. The summed E-state index contributed by atoms with van der Waals surface area (Å²) in [5.41, 5.74) is 1.72. The molecule has 0 radical (unpaired) electrons. The number of likely N-dealkylation sites (N-methyl/N-ethyl adjacent to an activating group) is 1. The highest BCUT2D eigenvalue weighted by atomic mass is 35.5. The second kappa shape index (κ2) is 7.42. The average molecular weight is 375 g/mol. The monoisotopic (exact) mass is 374 g/mol. The van der Waals surface area contributed by atoms with Crippen LogP contribution >= 0.6 is 22.9 Å². The van der Waals surface area contributed by atoms with Gasteiger partial charge in [0.2, 0.25) is 11.8 Å². The Morgan fingerprint density at radius 2 is 2.04 bits per heavy atom. The summed E-state index contributed by atoms with van der Waals surface area (Å²) in [6.07, 6.45) is 0.217. The van der Waals surface area contributed by atoms with E-state index >= 15 is 0 Å². The second-order valence-electron chi connectivity index (χ2n) is 5.91. The van der Waals surface area contributed by atoms with Gasteiger partial charge < -0.3 is 9.32 Å². The van der Waals surface area contributed by atoms with Crippen LogP contribution in [-0.4, -0.2) is 22.8 Å². The number of benzene rings is 1. The van der Waals surface area contributed by atoms with E-state index in [4.69, 9.17) is 16.0 Å². The van der Waals surface area contributed by atoms with E-state index in [0.717, 1.165) is 10.4 Å². The lowest BCUT2D eigenvalue weighted by Gasteiger charge is -2.25. The van der Waals surface area contributed by atoms with Crippen LogP contribution in [0.4, 0.5) is 0 Å². The van der Waals surface area contributed by atoms with E-state index in [2.05, 4.69) is 4.98 Å². The van der Waals surface area contributed by atoms with E-state index in [1.165, 1.54) is 0 Å². The maximum Gasteiger partial charge on any atom is 0.236 e. The van der Waals surface area contributed by atoms with E-state index in [1.807, 2.05) is 55.6 Å². The summed E-state index contributed by atoms with van der Waals surface area (Å²) in [6.45, 7) is 3.84. The molecule has 0 bridgehead atoms. The van der Waals surface area contributed by atoms with Gasteiger partial charge in [-0.05, 0) is 43.0 Å². The van der Waals surface area contributed by atoms with E-state index in [-0.39, 0.29) is 18.4 Å². The van der Waals surface area contributed by atoms with Crippen molar-refractivity contribution in [2.75, 3.05) is 7.05 Å². The summed E-state index contributed by atoms with van der Waals surface area (Å²) < 4.78 is 5.71. The summed E-state index contributed by atoms with van der Waals surface area (Å²) >= 11 is 7.49. The lowest BCUT2D eigenvalue weighted by Crippen LogP contribution is -2.31. The minimum absolute atomic E-state index is 0.00317. The van der Waals surface area contributed by atoms with Crippen molar-refractivity contribution in [3.8, 4) is 10.8 Å². The topological polar surface area (TPSA) is 46.3 Å². The molecule has 0 N–H and O–H groups in total. The fourth-order valence-corrected chi connectivity index (χ4v) is 3.32. The molecule has 6 heteroatoms. The average Bonchev–Trinajstić information content (AvgIpc) is 3.24. The van der Waals surface area contributed by atoms with Gasteiger partial charge >= 0.3 is 0 Å². The fraction of sp³-hybridized carbons (Fsp3) is 0.263. The summed E-state index contributed by atoms with van der Waals surface area (Å²) in [7, 11) is 1.80. The highest BCUT2D eigenvalue weighted by Gasteiger charge is 2.21. The maximum atomic E-state index is 12.7. The number of aryl methyl sites for hydroxylation is 1. The van der Waals surface area contributed by atoms with Gasteiger partial charge in [-0.15, -0.1) is 11.3 Å². The van der Waals surface area contributed by atoms with E-state index in [9.17, 15) is 4.79 Å². The molecule has 0 aliphatic rings. The SMILES string of the molecule is Cc1oc(-c2cccs2)nc1CC(=O)N(C)C(C)c1ccc(Cl)cc1. The first-order valence-corrected chi connectivity index (χ1v) is 9.22. The first kappa shape index (κ1) is 17.7. The molecule has 1 aromatic carbocycles. The third-order valence-corrected chi connectivity index (χ3v) is 5.38. The van der Waals surface area contributed by atoms with Crippen molar-refractivity contribution in [2.24, 2.45) is 0 Å². The molecule has 1 unspecified atom stereocenters. The third kappa shape index (κ3) is 3.94. The molecule has 0 aliphatic heterocycles. The van der Waals surface area contributed by atoms with Crippen molar-refractivity contribution in [2.45, 2.75) is 26.3 Å². The van der Waals surface area contributed by atoms with Gasteiger partial charge in [-0.2, -0.15) is 0 Å². The van der Waals surface area contributed by atoms with Gasteiger partial charge in [-0.25, -0.2) is 4.98 Å². The van der Waals surface area contributed by atoms with E-state index in [1.54, 1.807) is 23.3 Å². The summed E-state index contributed by atoms with van der Waals surface area (Å²) in [6, 6.07) is 11.4. The molecule has 1 amide bonds. The van der Waals surface area contributed by atoms with Crippen LogP contribution < -0.4 is 0 Å². The largest absolute Gasteiger partial charge is 0.440 e. The third-order valence-electron chi connectivity index (χ3n) is 4.27. The molecule has 1 atom stereocenters. The Morgan fingerprint density at radius 1 is 1.32 bits per heavy atom. The first-order chi connectivity index (χ1) is 12.0. The molecular formula is C19H19ClN2O2S. The zero-order chi connectivity index (χ0) is 18.0. The van der Waals surface area contributed by atoms with Crippen LogP contribution in [0.3, 0.4) is 0 Å². The second-order valence-corrected chi connectivity index (χ2v) is 7.29. The predicted molar refractivity (Wildman–Crippen MR) is 101 cm³/mol. The number of oxazole rings is 1. The Labute approximate surface area is 156 Å². The molecule has 0 spiro atoms. The van der Waals surface area contributed by atoms with Crippen LogP contribution in [0, 0.1) is 6.92 Å². The summed E-state index contributed by atoms with van der Waals surface area (Å²) in [5, 5.41) is 2.66. The molecule has 0 fully saturated rings. The van der Waals surface area contributed by atoms with Crippen molar-refractivity contribution in [1.82, 2.24) is 9.88 Å². The number of nitrogens with zero attached hydrogens (tertiary/aromatic N) is 2. The molecule has 3 aromatic rings. The van der Waals surface area contributed by atoms with Gasteiger partial charge in [0.15, 0.2) is 0 Å². The lowest BCUT2D eigenvalue weighted by atomic mass is 10.1. The Bertz CT molecular complexity index is 856. The number of thiophene rings is 1. The Hall–Kier alpha value is -2.11. The number of carbonyl (C=O) groups excluding carboxylic acids is 1. The zero-order valence-electron chi connectivity index (χ0n) is 14.3. The van der Waals surface area contributed by atoms with Gasteiger partial charge in [0.25, 0.3) is 0 Å². The molecule has 0 saturated heterocycles. The molecule has 2 heterocycles. The Kier molecular flexibility index (Phi) is 5.25. The molecule has 0 saturated carbocycles. The molecule has 130 valence electrons. The van der Waals surface area contributed by atoms with Crippen LogP contribution in [0.2, 0.25) is 5.02 Å². The van der Waals surface area contributed by atoms with Gasteiger partial charge in [-0.3, -0.25) is 4.79 Å². The van der Waals surface area contributed by atoms with Crippen LogP contribution in [0.5, 0.6) is 0 Å². The number of amides is 1. The van der Waals surface area contributed by atoms with Crippen LogP contribution in [0.15, 0.2) is 46.2 Å². The summed E-state index contributed by atoms with van der Waals surface area (Å²) in [5.74, 6) is 1.25. The standard InChI is InChI=1S/C19H19ClN2O2S/c1-12(14-6-8-15(20)9-7-14)22(3)18(23)11-16-13(2)24-19(21-16)17-5-4-10-25-17/h4-10,12H,11H2,1-3H3. The van der Waals surface area contributed by atoms with E-state index in [0.29, 0.717) is 22.4 Å². The zero-order valence-corrected chi connectivity index (χ0v) is 15.9. The molecule has 25 heavy (non-hydrogen) atoms. The number of hydrogen-bond donors (Lipinski definition) is 0. The smallest absolute Gasteiger partial charge is 0.236 e. The van der Waals surface area contributed by atoms with Gasteiger partial charge in [0.05, 0.1) is 23.0 Å². The Balaban J connectivity index is 1.72. The number of carbonyl (C=O) groups is 1. The normalized spacial score (nSPS) is 12.2. The predicted octanol–water partition coefficient (Wildman–Crippen LogP) is 5.13. The van der Waals surface area contributed by atoms with Crippen LogP contribution in [-0.2, 0) is 11.2 Å². The number of halogens is 1. The molecule has 4 nitrogen and oxygen atoms in total. The molecular weight excluding hydrogens is 356 g/mol. The van der Waals surface area contributed by atoms with Gasteiger partial charge in [-0.1, -0.05) is 29.8 Å². The summed E-state index contributed by atoms with van der Waals surface area (Å²) in [4.78, 5) is 19.8. The van der Waals surface area contributed by atoms with Crippen LogP contribution in [0.1, 0.15) is 30.0 Å².